The minimum Gasteiger partial charge on any atom is -0.361 e. The number of nitrogens with zero attached hydrogens (tertiary/aromatic N) is 4. The van der Waals surface area contributed by atoms with E-state index < -0.39 is 0 Å². The van der Waals surface area contributed by atoms with Gasteiger partial charge < -0.3 is 10.2 Å². The maximum absolute atomic E-state index is 4.89. The van der Waals surface area contributed by atoms with Gasteiger partial charge in [0, 0.05) is 19.3 Å². The summed E-state index contributed by atoms with van der Waals surface area (Å²) in [6.45, 7) is 2.08. The van der Waals surface area contributed by atoms with Crippen LogP contribution in [-0.4, -0.2) is 28.0 Å². The van der Waals surface area contributed by atoms with E-state index in [1.165, 1.54) is 30.4 Å². The van der Waals surface area contributed by atoms with Gasteiger partial charge in [-0.1, -0.05) is 24.3 Å². The Morgan fingerprint density at radius 1 is 0.962 bits per heavy atom. The van der Waals surface area contributed by atoms with Gasteiger partial charge in [-0.25, -0.2) is 4.98 Å². The zero-order valence-corrected chi connectivity index (χ0v) is 14.9. The summed E-state index contributed by atoms with van der Waals surface area (Å²) in [6, 6.07) is 13.0. The predicted octanol–water partition coefficient (Wildman–Crippen LogP) is 4.11. The molecule has 1 aliphatic heterocycles. The second kappa shape index (κ2) is 6.56. The molecule has 1 fully saturated rings. The third kappa shape index (κ3) is 2.77. The maximum Gasteiger partial charge on any atom is 0.228 e. The van der Waals surface area contributed by atoms with Crippen molar-refractivity contribution >= 4 is 22.8 Å². The SMILES string of the molecule is c1ccc2c(c1)CCC[C@@H]2Nc1nc(N2CCCC2)nc2cccnc12. The number of pyridine rings is 1. The molecule has 3 aromatic rings. The average molecular weight is 345 g/mol. The summed E-state index contributed by atoms with van der Waals surface area (Å²) in [7, 11) is 0. The average Bonchev–Trinajstić information content (AvgIpc) is 3.23. The van der Waals surface area contributed by atoms with Crippen molar-refractivity contribution in [2.24, 2.45) is 0 Å². The van der Waals surface area contributed by atoms with E-state index in [0.717, 1.165) is 48.7 Å². The highest BCUT2D eigenvalue weighted by molar-refractivity contribution is 5.86. The maximum atomic E-state index is 4.89. The van der Waals surface area contributed by atoms with E-state index in [2.05, 4.69) is 39.5 Å². The van der Waals surface area contributed by atoms with Crippen LogP contribution in [-0.2, 0) is 6.42 Å². The first-order valence-electron chi connectivity index (χ1n) is 9.60. The van der Waals surface area contributed by atoms with Crippen LogP contribution in [0, 0.1) is 0 Å². The molecule has 1 aromatic carbocycles. The minimum atomic E-state index is 0.284. The second-order valence-corrected chi connectivity index (χ2v) is 7.23. The number of aryl methyl sites for hydroxylation is 1. The molecule has 0 bridgehead atoms. The Bertz CT molecular complexity index is 933. The van der Waals surface area contributed by atoms with E-state index in [1.807, 2.05) is 18.3 Å². The van der Waals surface area contributed by atoms with E-state index >= 15 is 0 Å². The van der Waals surface area contributed by atoms with Crippen LogP contribution in [0.15, 0.2) is 42.6 Å². The number of fused-ring (bicyclic) bond motifs is 2. The molecule has 2 aromatic heterocycles. The summed E-state index contributed by atoms with van der Waals surface area (Å²) >= 11 is 0. The number of anilines is 2. The van der Waals surface area contributed by atoms with Crippen molar-refractivity contribution < 1.29 is 0 Å². The van der Waals surface area contributed by atoms with Crippen LogP contribution in [0.3, 0.4) is 0 Å². The number of aromatic nitrogens is 3. The topological polar surface area (TPSA) is 53.9 Å². The van der Waals surface area contributed by atoms with Crippen LogP contribution < -0.4 is 10.2 Å². The monoisotopic (exact) mass is 345 g/mol. The van der Waals surface area contributed by atoms with Gasteiger partial charge in [-0.2, -0.15) is 4.98 Å². The summed E-state index contributed by atoms with van der Waals surface area (Å²) < 4.78 is 0. The number of hydrogen-bond donors (Lipinski definition) is 1. The molecule has 5 nitrogen and oxygen atoms in total. The molecule has 0 unspecified atom stereocenters. The van der Waals surface area contributed by atoms with Gasteiger partial charge in [0.2, 0.25) is 5.95 Å². The molecule has 1 N–H and O–H groups in total. The molecular weight excluding hydrogens is 322 g/mol. The van der Waals surface area contributed by atoms with Crippen LogP contribution in [0.5, 0.6) is 0 Å². The molecule has 1 aliphatic carbocycles. The van der Waals surface area contributed by atoms with E-state index in [9.17, 15) is 0 Å². The fraction of sp³-hybridized carbons (Fsp3) is 0.381. The first kappa shape index (κ1) is 15.6. The molecule has 1 atom stereocenters. The van der Waals surface area contributed by atoms with Gasteiger partial charge in [-0.3, -0.25) is 4.98 Å². The van der Waals surface area contributed by atoms with Gasteiger partial charge in [-0.15, -0.1) is 0 Å². The zero-order valence-electron chi connectivity index (χ0n) is 14.9. The summed E-state index contributed by atoms with van der Waals surface area (Å²) in [6.07, 6.45) is 7.73. The van der Waals surface area contributed by atoms with Gasteiger partial charge in [0.05, 0.1) is 11.6 Å². The highest BCUT2D eigenvalue weighted by atomic mass is 15.3. The van der Waals surface area contributed by atoms with Gasteiger partial charge in [0.15, 0.2) is 5.82 Å². The van der Waals surface area contributed by atoms with Crippen LogP contribution >= 0.6 is 0 Å². The molecule has 0 amide bonds. The Balaban J connectivity index is 1.56. The lowest BCUT2D eigenvalue weighted by atomic mass is 9.88. The fourth-order valence-corrected chi connectivity index (χ4v) is 4.18. The van der Waals surface area contributed by atoms with Crippen molar-refractivity contribution in [3.8, 4) is 0 Å². The van der Waals surface area contributed by atoms with Crippen LogP contribution in [0.1, 0.15) is 42.9 Å². The highest BCUT2D eigenvalue weighted by Crippen LogP contribution is 2.34. The Labute approximate surface area is 153 Å². The van der Waals surface area contributed by atoms with Crippen molar-refractivity contribution in [1.29, 1.82) is 0 Å². The van der Waals surface area contributed by atoms with Gasteiger partial charge in [-0.05, 0) is 55.4 Å². The van der Waals surface area contributed by atoms with Gasteiger partial charge in [0.25, 0.3) is 0 Å². The lowest BCUT2D eigenvalue weighted by Gasteiger charge is -2.27. The third-order valence-corrected chi connectivity index (χ3v) is 5.51. The van der Waals surface area contributed by atoms with Crippen molar-refractivity contribution in [1.82, 2.24) is 15.0 Å². The third-order valence-electron chi connectivity index (χ3n) is 5.51. The fourth-order valence-electron chi connectivity index (χ4n) is 4.18. The van der Waals surface area contributed by atoms with Crippen LogP contribution in [0.25, 0.3) is 11.0 Å². The van der Waals surface area contributed by atoms with Crippen LogP contribution in [0.4, 0.5) is 11.8 Å². The van der Waals surface area contributed by atoms with Crippen molar-refractivity contribution in [3.05, 3.63) is 53.7 Å². The standard InChI is InChI=1S/C21H23N5/c1-2-9-16-15(7-1)8-5-10-17(16)23-20-19-18(11-6-12-22-19)24-21(25-20)26-13-3-4-14-26/h1-2,6-7,9,11-12,17H,3-5,8,10,13-14H2,(H,23,24,25)/t17-/m0/s1. The Hall–Kier alpha value is -2.69. The van der Waals surface area contributed by atoms with E-state index in [0.29, 0.717) is 0 Å². The molecule has 3 heterocycles. The van der Waals surface area contributed by atoms with E-state index in [-0.39, 0.29) is 6.04 Å². The molecule has 2 aliphatic rings. The molecule has 5 rings (SSSR count). The molecule has 0 spiro atoms. The highest BCUT2D eigenvalue weighted by Gasteiger charge is 2.23. The summed E-state index contributed by atoms with van der Waals surface area (Å²) in [5.41, 5.74) is 4.61. The minimum absolute atomic E-state index is 0.284. The van der Waals surface area contributed by atoms with Crippen molar-refractivity contribution in [2.45, 2.75) is 38.1 Å². The molecule has 5 heteroatoms. The van der Waals surface area contributed by atoms with E-state index in [1.54, 1.807) is 0 Å². The quantitative estimate of drug-likeness (QED) is 0.774. The molecular formula is C21H23N5. The molecule has 1 saturated heterocycles. The lowest BCUT2D eigenvalue weighted by Crippen LogP contribution is -2.22. The number of hydrogen-bond acceptors (Lipinski definition) is 5. The first-order valence-corrected chi connectivity index (χ1v) is 9.60. The number of rotatable bonds is 3. The Morgan fingerprint density at radius 3 is 2.77 bits per heavy atom. The molecule has 0 saturated carbocycles. The summed E-state index contributed by atoms with van der Waals surface area (Å²) in [5, 5.41) is 3.70. The Kier molecular flexibility index (Phi) is 3.92. The molecule has 26 heavy (non-hydrogen) atoms. The largest absolute Gasteiger partial charge is 0.361 e. The molecule has 0 radical (unpaired) electrons. The predicted molar refractivity (Wildman–Crippen MR) is 105 cm³/mol. The summed E-state index contributed by atoms with van der Waals surface area (Å²) in [4.78, 5) is 16.5. The van der Waals surface area contributed by atoms with Crippen LogP contribution in [0.2, 0.25) is 0 Å². The van der Waals surface area contributed by atoms with Crippen molar-refractivity contribution in [2.75, 3.05) is 23.3 Å². The van der Waals surface area contributed by atoms with Gasteiger partial charge >= 0.3 is 0 Å². The molecule has 132 valence electrons. The first-order chi connectivity index (χ1) is 12.9. The summed E-state index contributed by atoms with van der Waals surface area (Å²) in [5.74, 6) is 1.69. The van der Waals surface area contributed by atoms with E-state index in [4.69, 9.17) is 9.97 Å². The zero-order chi connectivity index (χ0) is 17.3. The second-order valence-electron chi connectivity index (χ2n) is 7.23. The Morgan fingerprint density at radius 2 is 1.85 bits per heavy atom. The smallest absolute Gasteiger partial charge is 0.228 e. The normalized spacial score (nSPS) is 19.5. The number of benzene rings is 1. The van der Waals surface area contributed by atoms with Crippen molar-refractivity contribution in [3.63, 3.8) is 0 Å². The lowest BCUT2D eigenvalue weighted by molar-refractivity contribution is 0.599. The number of nitrogens with one attached hydrogen (secondary N) is 1. The van der Waals surface area contributed by atoms with Gasteiger partial charge in [0.1, 0.15) is 5.52 Å².